The van der Waals surface area contributed by atoms with Crippen LogP contribution in [0.1, 0.15) is 38.2 Å². The third-order valence-electron chi connectivity index (χ3n) is 3.34. The molecule has 0 spiro atoms. The maximum atomic E-state index is 13.0. The Labute approximate surface area is 122 Å². The number of nitrogens with one attached hydrogen (secondary N) is 2. The summed E-state index contributed by atoms with van der Waals surface area (Å²) in [4.78, 5) is 4.21. The molecule has 7 heteroatoms. The summed E-state index contributed by atoms with van der Waals surface area (Å²) in [5, 5.41) is 4.84. The normalized spacial score (nSPS) is 16.8. The molecular formula is C14H21F3N4. The predicted octanol–water partition coefficient (Wildman–Crippen LogP) is 3.74. The van der Waals surface area contributed by atoms with Crippen LogP contribution in [-0.2, 0) is 6.18 Å². The summed E-state index contributed by atoms with van der Waals surface area (Å²) < 4.78 is 38.9. The van der Waals surface area contributed by atoms with E-state index in [9.17, 15) is 13.2 Å². The number of hydrazine groups is 1. The second-order valence-corrected chi connectivity index (χ2v) is 5.21. The number of halogens is 3. The van der Waals surface area contributed by atoms with E-state index in [0.717, 1.165) is 50.9 Å². The highest BCUT2D eigenvalue weighted by Crippen LogP contribution is 2.32. The molecule has 118 valence electrons. The Balaban J connectivity index is 2.17. The largest absolute Gasteiger partial charge is 0.416 e. The average Bonchev–Trinajstić information content (AvgIpc) is 2.45. The van der Waals surface area contributed by atoms with Crippen molar-refractivity contribution in [2.45, 2.75) is 38.8 Å². The zero-order valence-corrected chi connectivity index (χ0v) is 12.1. The van der Waals surface area contributed by atoms with E-state index in [1.165, 1.54) is 0 Å². The van der Waals surface area contributed by atoms with Crippen LogP contribution in [0.25, 0.3) is 0 Å². The zero-order valence-electron chi connectivity index (χ0n) is 12.1. The van der Waals surface area contributed by atoms with Gasteiger partial charge in [0.25, 0.3) is 0 Å². The quantitative estimate of drug-likeness (QED) is 0.869. The van der Waals surface area contributed by atoms with Crippen LogP contribution in [0.5, 0.6) is 0 Å². The third kappa shape index (κ3) is 4.77. The van der Waals surface area contributed by atoms with Crippen LogP contribution in [0.15, 0.2) is 12.1 Å². The van der Waals surface area contributed by atoms with E-state index >= 15 is 0 Å². The maximum absolute atomic E-state index is 13.0. The number of anilines is 2. The van der Waals surface area contributed by atoms with Crippen molar-refractivity contribution in [1.29, 1.82) is 0 Å². The lowest BCUT2D eigenvalue weighted by Gasteiger charge is -2.27. The van der Waals surface area contributed by atoms with Crippen molar-refractivity contribution < 1.29 is 13.2 Å². The summed E-state index contributed by atoms with van der Waals surface area (Å²) in [5.74, 6) is 0.497. The molecule has 2 N–H and O–H groups in total. The first-order valence-corrected chi connectivity index (χ1v) is 7.34. The lowest BCUT2D eigenvalue weighted by Crippen LogP contribution is -2.35. The molecule has 21 heavy (non-hydrogen) atoms. The van der Waals surface area contributed by atoms with Crippen molar-refractivity contribution in [1.82, 2.24) is 9.99 Å². The number of alkyl halides is 3. The van der Waals surface area contributed by atoms with Gasteiger partial charge in [-0.15, -0.1) is 0 Å². The van der Waals surface area contributed by atoms with Crippen LogP contribution < -0.4 is 10.7 Å². The fraction of sp³-hybridized carbons (Fsp3) is 0.643. The van der Waals surface area contributed by atoms with Crippen LogP contribution in [-0.4, -0.2) is 29.6 Å². The van der Waals surface area contributed by atoms with Crippen LogP contribution >= 0.6 is 0 Å². The fourth-order valence-corrected chi connectivity index (χ4v) is 2.26. The van der Waals surface area contributed by atoms with E-state index in [4.69, 9.17) is 0 Å². The first kappa shape index (κ1) is 15.9. The summed E-state index contributed by atoms with van der Waals surface area (Å²) in [6, 6.07) is 2.11. The van der Waals surface area contributed by atoms with E-state index in [0.29, 0.717) is 6.54 Å². The van der Waals surface area contributed by atoms with Crippen molar-refractivity contribution in [2.24, 2.45) is 0 Å². The Morgan fingerprint density at radius 3 is 2.43 bits per heavy atom. The van der Waals surface area contributed by atoms with Crippen molar-refractivity contribution in [3.05, 3.63) is 17.7 Å². The number of piperidine rings is 1. The minimum Gasteiger partial charge on any atom is -0.370 e. The molecule has 0 saturated carbocycles. The topological polar surface area (TPSA) is 40.2 Å². The van der Waals surface area contributed by atoms with Crippen molar-refractivity contribution in [3.63, 3.8) is 0 Å². The number of hydrogen-bond acceptors (Lipinski definition) is 4. The molecule has 0 amide bonds. The molecule has 0 unspecified atom stereocenters. The lowest BCUT2D eigenvalue weighted by molar-refractivity contribution is -0.137. The van der Waals surface area contributed by atoms with Gasteiger partial charge in [0.15, 0.2) is 0 Å². The minimum atomic E-state index is -4.37. The second kappa shape index (κ2) is 6.98. The summed E-state index contributed by atoms with van der Waals surface area (Å²) in [6.07, 6.45) is -0.284. The van der Waals surface area contributed by atoms with Crippen molar-refractivity contribution in [2.75, 3.05) is 30.4 Å². The summed E-state index contributed by atoms with van der Waals surface area (Å²) >= 11 is 0. The van der Waals surface area contributed by atoms with Crippen molar-refractivity contribution >= 4 is 11.6 Å². The Bertz CT molecular complexity index is 456. The smallest absolute Gasteiger partial charge is 0.370 e. The highest BCUT2D eigenvalue weighted by Gasteiger charge is 2.31. The predicted molar refractivity (Wildman–Crippen MR) is 77.1 cm³/mol. The molecule has 1 fully saturated rings. The lowest BCUT2D eigenvalue weighted by atomic mass is 10.2. The van der Waals surface area contributed by atoms with E-state index in [1.54, 1.807) is 0 Å². The molecule has 0 radical (unpaired) electrons. The SMILES string of the molecule is CCCNc1cc(C(F)(F)F)cc(NN2CCCCC2)n1. The first-order valence-electron chi connectivity index (χ1n) is 7.34. The highest BCUT2D eigenvalue weighted by molar-refractivity contribution is 5.49. The van der Waals surface area contributed by atoms with Gasteiger partial charge in [0.05, 0.1) is 5.56 Å². The molecule has 4 nitrogen and oxygen atoms in total. The molecule has 1 saturated heterocycles. The van der Waals surface area contributed by atoms with Gasteiger partial charge in [-0.25, -0.2) is 9.99 Å². The van der Waals surface area contributed by atoms with E-state index in [-0.39, 0.29) is 11.6 Å². The molecule has 0 aromatic carbocycles. The number of nitrogens with zero attached hydrogens (tertiary/aromatic N) is 2. The Hall–Kier alpha value is -1.50. The minimum absolute atomic E-state index is 0.241. The van der Waals surface area contributed by atoms with Crippen LogP contribution in [0.2, 0.25) is 0 Å². The maximum Gasteiger partial charge on any atom is 0.416 e. The molecule has 0 bridgehead atoms. The summed E-state index contributed by atoms with van der Waals surface area (Å²) in [6.45, 7) is 4.20. The van der Waals surface area contributed by atoms with E-state index < -0.39 is 11.7 Å². The van der Waals surface area contributed by atoms with E-state index in [2.05, 4.69) is 15.7 Å². The van der Waals surface area contributed by atoms with Gasteiger partial charge < -0.3 is 10.7 Å². The van der Waals surface area contributed by atoms with Gasteiger partial charge in [0, 0.05) is 19.6 Å². The van der Waals surface area contributed by atoms with Crippen LogP contribution in [0.4, 0.5) is 24.8 Å². The first-order chi connectivity index (χ1) is 9.99. The summed E-state index contributed by atoms with van der Waals surface area (Å²) in [5.41, 5.74) is 2.31. The number of hydrogen-bond donors (Lipinski definition) is 2. The Kier molecular flexibility index (Phi) is 5.27. The third-order valence-corrected chi connectivity index (χ3v) is 3.34. The van der Waals surface area contributed by atoms with Gasteiger partial charge in [-0.1, -0.05) is 13.3 Å². The van der Waals surface area contributed by atoms with Crippen molar-refractivity contribution in [3.8, 4) is 0 Å². The van der Waals surface area contributed by atoms with Crippen LogP contribution in [0, 0.1) is 0 Å². The average molecular weight is 302 g/mol. The molecule has 2 heterocycles. The Morgan fingerprint density at radius 2 is 1.81 bits per heavy atom. The molecule has 1 aliphatic heterocycles. The molecule has 1 aliphatic rings. The second-order valence-electron chi connectivity index (χ2n) is 5.21. The molecule has 1 aromatic rings. The van der Waals surface area contributed by atoms with Gasteiger partial charge in [0.1, 0.15) is 11.6 Å². The van der Waals surface area contributed by atoms with Gasteiger partial charge >= 0.3 is 6.18 Å². The van der Waals surface area contributed by atoms with Gasteiger partial charge in [-0.3, -0.25) is 0 Å². The van der Waals surface area contributed by atoms with Gasteiger partial charge in [0.2, 0.25) is 0 Å². The standard InChI is InChI=1S/C14H21F3N4/c1-2-6-18-12-9-11(14(15,16)17)10-13(19-12)20-21-7-4-3-5-8-21/h9-10H,2-8H2,1H3,(H2,18,19,20). The Morgan fingerprint density at radius 1 is 1.14 bits per heavy atom. The monoisotopic (exact) mass is 302 g/mol. The molecule has 0 aliphatic carbocycles. The van der Waals surface area contributed by atoms with Gasteiger partial charge in [-0.2, -0.15) is 13.2 Å². The number of aromatic nitrogens is 1. The molecule has 1 aromatic heterocycles. The van der Waals surface area contributed by atoms with Crippen LogP contribution in [0.3, 0.4) is 0 Å². The summed E-state index contributed by atoms with van der Waals surface area (Å²) in [7, 11) is 0. The van der Waals surface area contributed by atoms with Gasteiger partial charge in [-0.05, 0) is 31.4 Å². The number of pyridine rings is 1. The fourth-order valence-electron chi connectivity index (χ4n) is 2.26. The molecule has 2 rings (SSSR count). The number of rotatable bonds is 5. The molecular weight excluding hydrogens is 281 g/mol. The highest BCUT2D eigenvalue weighted by atomic mass is 19.4. The molecule has 0 atom stereocenters. The zero-order chi connectivity index (χ0) is 15.3. The van der Waals surface area contributed by atoms with E-state index in [1.807, 2.05) is 11.9 Å².